The highest BCUT2D eigenvalue weighted by Crippen LogP contribution is 2.31. The lowest BCUT2D eigenvalue weighted by Crippen LogP contribution is -2.37. The number of anilines is 1. The van der Waals surface area contributed by atoms with Gasteiger partial charge in [-0.1, -0.05) is 32.1 Å². The van der Waals surface area contributed by atoms with Crippen molar-refractivity contribution in [2.75, 3.05) is 18.0 Å². The first-order valence-electron chi connectivity index (χ1n) is 6.00. The fourth-order valence-electron chi connectivity index (χ4n) is 2.08. The lowest BCUT2D eigenvalue weighted by Gasteiger charge is -2.37. The largest absolute Gasteiger partial charge is 0.388 e. The minimum atomic E-state index is 0.365. The molecule has 3 nitrogen and oxygen atoms in total. The number of thiocarbonyl (C=S) groups is 1. The van der Waals surface area contributed by atoms with Crippen molar-refractivity contribution in [2.24, 2.45) is 11.1 Å². The molecule has 4 heteroatoms. The summed E-state index contributed by atoms with van der Waals surface area (Å²) in [5.74, 6) is 0.991. The van der Waals surface area contributed by atoms with Crippen molar-refractivity contribution in [1.82, 2.24) is 4.98 Å². The smallest absolute Gasteiger partial charge is 0.129 e. The predicted molar refractivity (Wildman–Crippen MR) is 75.4 cm³/mol. The molecule has 0 spiro atoms. The Morgan fingerprint density at radius 3 is 2.59 bits per heavy atom. The summed E-state index contributed by atoms with van der Waals surface area (Å²) in [5, 5.41) is 0. The van der Waals surface area contributed by atoms with Crippen LogP contribution in [0.1, 0.15) is 32.4 Å². The van der Waals surface area contributed by atoms with Crippen molar-refractivity contribution in [1.29, 1.82) is 0 Å². The molecule has 1 fully saturated rings. The van der Waals surface area contributed by atoms with Gasteiger partial charge in [0, 0.05) is 13.1 Å². The topological polar surface area (TPSA) is 42.1 Å². The van der Waals surface area contributed by atoms with Crippen LogP contribution in [-0.2, 0) is 0 Å². The van der Waals surface area contributed by atoms with Gasteiger partial charge in [0.2, 0.25) is 0 Å². The van der Waals surface area contributed by atoms with E-state index in [0.29, 0.717) is 16.1 Å². The molecular formula is C13H19N3S. The normalized spacial score (nSPS) is 19.1. The van der Waals surface area contributed by atoms with Crippen LogP contribution in [0.4, 0.5) is 5.82 Å². The number of hydrogen-bond donors (Lipinski definition) is 1. The Morgan fingerprint density at radius 2 is 2.00 bits per heavy atom. The van der Waals surface area contributed by atoms with Crippen molar-refractivity contribution in [3.8, 4) is 0 Å². The van der Waals surface area contributed by atoms with Crippen molar-refractivity contribution < 1.29 is 0 Å². The lowest BCUT2D eigenvalue weighted by atomic mass is 9.83. The fraction of sp³-hybridized carbons (Fsp3) is 0.538. The van der Waals surface area contributed by atoms with E-state index in [1.807, 2.05) is 18.2 Å². The summed E-state index contributed by atoms with van der Waals surface area (Å²) >= 11 is 4.96. The molecule has 0 aromatic carbocycles. The Bertz CT molecular complexity index is 418. The molecule has 1 aromatic heterocycles. The van der Waals surface area contributed by atoms with E-state index in [1.165, 1.54) is 12.8 Å². The van der Waals surface area contributed by atoms with Gasteiger partial charge in [0.25, 0.3) is 0 Å². The minimum absolute atomic E-state index is 0.365. The Kier molecular flexibility index (Phi) is 3.33. The molecule has 0 bridgehead atoms. The highest BCUT2D eigenvalue weighted by atomic mass is 32.1. The lowest BCUT2D eigenvalue weighted by molar-refractivity contribution is 0.279. The molecule has 1 aliphatic heterocycles. The summed E-state index contributed by atoms with van der Waals surface area (Å²) in [5.41, 5.74) is 6.77. The molecule has 2 rings (SSSR count). The van der Waals surface area contributed by atoms with Gasteiger partial charge in [0.05, 0.1) is 5.69 Å². The average molecular weight is 249 g/mol. The number of hydrogen-bond acceptors (Lipinski definition) is 3. The first kappa shape index (κ1) is 12.3. The van der Waals surface area contributed by atoms with Crippen LogP contribution >= 0.6 is 12.2 Å². The molecule has 17 heavy (non-hydrogen) atoms. The van der Waals surface area contributed by atoms with Crippen LogP contribution in [0.2, 0.25) is 0 Å². The Labute approximate surface area is 108 Å². The zero-order valence-electron chi connectivity index (χ0n) is 10.4. The van der Waals surface area contributed by atoms with Gasteiger partial charge in [-0.25, -0.2) is 4.98 Å². The molecule has 0 saturated carbocycles. The van der Waals surface area contributed by atoms with Gasteiger partial charge in [0.1, 0.15) is 10.8 Å². The van der Waals surface area contributed by atoms with Gasteiger partial charge in [-0.3, -0.25) is 0 Å². The highest BCUT2D eigenvalue weighted by Gasteiger charge is 2.25. The SMILES string of the molecule is CC1(C)CCN(c2cccc(C(N)=S)n2)CC1. The third-order valence-electron chi connectivity index (χ3n) is 3.43. The van der Waals surface area contributed by atoms with Gasteiger partial charge in [-0.05, 0) is 30.4 Å². The van der Waals surface area contributed by atoms with Crippen molar-refractivity contribution in [3.63, 3.8) is 0 Å². The van der Waals surface area contributed by atoms with Gasteiger partial charge in [-0.15, -0.1) is 0 Å². The molecule has 1 aromatic rings. The van der Waals surface area contributed by atoms with Gasteiger partial charge < -0.3 is 10.6 Å². The molecule has 1 saturated heterocycles. The van der Waals surface area contributed by atoms with Crippen LogP contribution in [0.15, 0.2) is 18.2 Å². The molecular weight excluding hydrogens is 230 g/mol. The van der Waals surface area contributed by atoms with E-state index in [1.54, 1.807) is 0 Å². The maximum absolute atomic E-state index is 5.61. The van der Waals surface area contributed by atoms with Crippen molar-refractivity contribution in [2.45, 2.75) is 26.7 Å². The van der Waals surface area contributed by atoms with E-state index in [9.17, 15) is 0 Å². The number of nitrogens with zero attached hydrogens (tertiary/aromatic N) is 2. The summed E-state index contributed by atoms with van der Waals surface area (Å²) < 4.78 is 0. The number of pyridine rings is 1. The van der Waals surface area contributed by atoms with Gasteiger partial charge in [-0.2, -0.15) is 0 Å². The average Bonchev–Trinajstić information content (AvgIpc) is 2.29. The molecule has 2 N–H and O–H groups in total. The zero-order chi connectivity index (χ0) is 12.5. The summed E-state index contributed by atoms with van der Waals surface area (Å²) in [6, 6.07) is 5.86. The second-order valence-electron chi connectivity index (χ2n) is 5.40. The number of rotatable bonds is 2. The summed E-state index contributed by atoms with van der Waals surface area (Å²) in [6.07, 6.45) is 2.40. The third kappa shape index (κ3) is 2.94. The number of aromatic nitrogens is 1. The zero-order valence-corrected chi connectivity index (χ0v) is 11.3. The molecule has 0 amide bonds. The van der Waals surface area contributed by atoms with E-state index in [4.69, 9.17) is 18.0 Å². The summed E-state index contributed by atoms with van der Waals surface area (Å²) in [6.45, 7) is 6.76. The first-order valence-corrected chi connectivity index (χ1v) is 6.41. The van der Waals surface area contributed by atoms with Crippen LogP contribution in [0.5, 0.6) is 0 Å². The van der Waals surface area contributed by atoms with E-state index in [0.717, 1.165) is 18.9 Å². The Hall–Kier alpha value is -1.16. The number of piperidine rings is 1. The third-order valence-corrected chi connectivity index (χ3v) is 3.64. The van der Waals surface area contributed by atoms with Gasteiger partial charge >= 0.3 is 0 Å². The summed E-state index contributed by atoms with van der Waals surface area (Å²) in [7, 11) is 0. The number of nitrogens with two attached hydrogens (primary N) is 1. The molecule has 0 radical (unpaired) electrons. The molecule has 2 heterocycles. The van der Waals surface area contributed by atoms with Crippen LogP contribution in [0, 0.1) is 5.41 Å². The Balaban J connectivity index is 2.13. The first-order chi connectivity index (χ1) is 7.98. The van der Waals surface area contributed by atoms with Crippen molar-refractivity contribution in [3.05, 3.63) is 23.9 Å². The van der Waals surface area contributed by atoms with E-state index < -0.39 is 0 Å². The van der Waals surface area contributed by atoms with Crippen LogP contribution in [0.3, 0.4) is 0 Å². The Morgan fingerprint density at radius 1 is 1.35 bits per heavy atom. The molecule has 1 aliphatic rings. The highest BCUT2D eigenvalue weighted by molar-refractivity contribution is 7.80. The minimum Gasteiger partial charge on any atom is -0.388 e. The van der Waals surface area contributed by atoms with Crippen molar-refractivity contribution >= 4 is 23.0 Å². The second-order valence-corrected chi connectivity index (χ2v) is 5.84. The van der Waals surface area contributed by atoms with Crippen LogP contribution in [-0.4, -0.2) is 23.1 Å². The van der Waals surface area contributed by atoms with Crippen LogP contribution < -0.4 is 10.6 Å². The van der Waals surface area contributed by atoms with E-state index in [2.05, 4.69) is 23.7 Å². The second kappa shape index (κ2) is 4.61. The molecule has 92 valence electrons. The predicted octanol–water partition coefficient (Wildman–Crippen LogP) is 2.34. The monoisotopic (exact) mass is 249 g/mol. The van der Waals surface area contributed by atoms with E-state index >= 15 is 0 Å². The quantitative estimate of drug-likeness (QED) is 0.817. The molecule has 0 atom stereocenters. The fourth-order valence-corrected chi connectivity index (χ4v) is 2.19. The molecule has 0 aliphatic carbocycles. The maximum Gasteiger partial charge on any atom is 0.129 e. The maximum atomic E-state index is 5.61. The molecule has 0 unspecified atom stereocenters. The summed E-state index contributed by atoms with van der Waals surface area (Å²) in [4.78, 5) is 7.18. The van der Waals surface area contributed by atoms with Crippen LogP contribution in [0.25, 0.3) is 0 Å². The standard InChI is InChI=1S/C13H19N3S/c1-13(2)6-8-16(9-7-13)11-5-3-4-10(15-11)12(14)17/h3-5H,6-9H2,1-2H3,(H2,14,17). The van der Waals surface area contributed by atoms with E-state index in [-0.39, 0.29) is 0 Å². The van der Waals surface area contributed by atoms with Gasteiger partial charge in [0.15, 0.2) is 0 Å².